The van der Waals surface area contributed by atoms with E-state index in [9.17, 15) is 0 Å². The van der Waals surface area contributed by atoms with Crippen LogP contribution in [0.4, 0.5) is 5.82 Å². The standard InChI is InChI=1S/C11H18N2O/c1-8(2)7-12-11-10(14-4)6-5-9(3)13-11/h5-6,8H,7H2,1-4H3,(H,12,13). The number of pyridine rings is 1. The third kappa shape index (κ3) is 2.91. The van der Waals surface area contributed by atoms with Crippen molar-refractivity contribution in [1.29, 1.82) is 0 Å². The van der Waals surface area contributed by atoms with E-state index in [2.05, 4.69) is 24.1 Å². The first-order valence-electron chi connectivity index (χ1n) is 4.89. The van der Waals surface area contributed by atoms with E-state index in [1.165, 1.54) is 0 Å². The molecule has 0 aliphatic heterocycles. The van der Waals surface area contributed by atoms with E-state index in [-0.39, 0.29) is 0 Å². The highest BCUT2D eigenvalue weighted by Crippen LogP contribution is 2.21. The quantitative estimate of drug-likeness (QED) is 0.799. The molecule has 0 aliphatic carbocycles. The highest BCUT2D eigenvalue weighted by molar-refractivity contribution is 5.50. The second-order valence-corrected chi connectivity index (χ2v) is 3.78. The molecule has 1 heterocycles. The molecule has 0 atom stereocenters. The summed E-state index contributed by atoms with van der Waals surface area (Å²) in [6.45, 7) is 7.21. The molecule has 0 aliphatic rings. The lowest BCUT2D eigenvalue weighted by atomic mass is 10.2. The van der Waals surface area contributed by atoms with Gasteiger partial charge < -0.3 is 10.1 Å². The van der Waals surface area contributed by atoms with Gasteiger partial charge in [0.2, 0.25) is 0 Å². The minimum atomic E-state index is 0.599. The van der Waals surface area contributed by atoms with Gasteiger partial charge in [0.25, 0.3) is 0 Å². The van der Waals surface area contributed by atoms with Crippen molar-refractivity contribution in [2.24, 2.45) is 5.92 Å². The number of ether oxygens (including phenoxy) is 1. The molecule has 0 bridgehead atoms. The average Bonchev–Trinajstić information content (AvgIpc) is 2.15. The largest absolute Gasteiger partial charge is 0.493 e. The number of anilines is 1. The first-order valence-corrected chi connectivity index (χ1v) is 4.89. The van der Waals surface area contributed by atoms with Gasteiger partial charge in [0.05, 0.1) is 7.11 Å². The van der Waals surface area contributed by atoms with E-state index in [1.807, 2.05) is 19.1 Å². The van der Waals surface area contributed by atoms with Crippen molar-refractivity contribution in [3.05, 3.63) is 17.8 Å². The summed E-state index contributed by atoms with van der Waals surface area (Å²) in [5.41, 5.74) is 0.997. The Labute approximate surface area is 85.5 Å². The van der Waals surface area contributed by atoms with E-state index in [0.29, 0.717) is 5.92 Å². The minimum absolute atomic E-state index is 0.599. The summed E-state index contributed by atoms with van der Waals surface area (Å²) in [4.78, 5) is 4.38. The van der Waals surface area contributed by atoms with Gasteiger partial charge in [-0.05, 0) is 25.0 Å². The van der Waals surface area contributed by atoms with Gasteiger partial charge >= 0.3 is 0 Å². The predicted octanol–water partition coefficient (Wildman–Crippen LogP) is 2.47. The average molecular weight is 194 g/mol. The van der Waals surface area contributed by atoms with E-state index in [0.717, 1.165) is 23.8 Å². The first-order chi connectivity index (χ1) is 6.63. The van der Waals surface area contributed by atoms with Gasteiger partial charge in [0.1, 0.15) is 0 Å². The number of hydrogen-bond donors (Lipinski definition) is 1. The van der Waals surface area contributed by atoms with Crippen molar-refractivity contribution >= 4 is 5.82 Å². The van der Waals surface area contributed by atoms with Crippen molar-refractivity contribution in [2.75, 3.05) is 19.0 Å². The molecular formula is C11H18N2O. The van der Waals surface area contributed by atoms with Gasteiger partial charge in [-0.2, -0.15) is 0 Å². The van der Waals surface area contributed by atoms with Crippen LogP contribution in [-0.2, 0) is 0 Å². The maximum atomic E-state index is 5.21. The van der Waals surface area contributed by atoms with E-state index in [1.54, 1.807) is 7.11 Å². The number of aryl methyl sites for hydroxylation is 1. The van der Waals surface area contributed by atoms with Crippen LogP contribution in [0.25, 0.3) is 0 Å². The number of methoxy groups -OCH3 is 1. The number of nitrogens with zero attached hydrogens (tertiary/aromatic N) is 1. The summed E-state index contributed by atoms with van der Waals surface area (Å²) in [6, 6.07) is 3.88. The van der Waals surface area contributed by atoms with Gasteiger partial charge in [0, 0.05) is 12.2 Å². The SMILES string of the molecule is COc1ccc(C)nc1NCC(C)C. The summed E-state index contributed by atoms with van der Waals surface area (Å²) in [5.74, 6) is 2.24. The molecule has 1 rings (SSSR count). The Hall–Kier alpha value is -1.25. The van der Waals surface area contributed by atoms with Gasteiger partial charge in [-0.3, -0.25) is 0 Å². The van der Waals surface area contributed by atoms with Crippen LogP contribution in [0.2, 0.25) is 0 Å². The van der Waals surface area contributed by atoms with Gasteiger partial charge in [-0.1, -0.05) is 13.8 Å². The Morgan fingerprint density at radius 1 is 1.43 bits per heavy atom. The van der Waals surface area contributed by atoms with Crippen LogP contribution >= 0.6 is 0 Å². The van der Waals surface area contributed by atoms with Crippen LogP contribution in [0.1, 0.15) is 19.5 Å². The van der Waals surface area contributed by atoms with Gasteiger partial charge in [-0.15, -0.1) is 0 Å². The van der Waals surface area contributed by atoms with Gasteiger partial charge in [-0.25, -0.2) is 4.98 Å². The number of aromatic nitrogens is 1. The smallest absolute Gasteiger partial charge is 0.168 e. The highest BCUT2D eigenvalue weighted by Gasteiger charge is 2.04. The second kappa shape index (κ2) is 4.84. The maximum absolute atomic E-state index is 5.21. The Morgan fingerprint density at radius 2 is 2.14 bits per heavy atom. The summed E-state index contributed by atoms with van der Waals surface area (Å²) < 4.78 is 5.21. The van der Waals surface area contributed by atoms with Crippen LogP contribution in [0.15, 0.2) is 12.1 Å². The molecule has 3 nitrogen and oxygen atoms in total. The van der Waals surface area contributed by atoms with Crippen molar-refractivity contribution in [3.63, 3.8) is 0 Å². The molecule has 0 fully saturated rings. The van der Waals surface area contributed by atoms with Crippen LogP contribution in [0, 0.1) is 12.8 Å². The Morgan fingerprint density at radius 3 is 2.71 bits per heavy atom. The molecule has 0 amide bonds. The molecule has 0 unspecified atom stereocenters. The fourth-order valence-corrected chi connectivity index (χ4v) is 1.14. The Bertz CT molecular complexity index is 297. The third-order valence-corrected chi connectivity index (χ3v) is 1.90. The molecule has 0 aromatic carbocycles. The molecular weight excluding hydrogens is 176 g/mol. The molecule has 0 saturated heterocycles. The van der Waals surface area contributed by atoms with Crippen LogP contribution in [-0.4, -0.2) is 18.6 Å². The van der Waals surface area contributed by atoms with Gasteiger partial charge in [0.15, 0.2) is 11.6 Å². The lowest BCUT2D eigenvalue weighted by molar-refractivity contribution is 0.414. The summed E-state index contributed by atoms with van der Waals surface area (Å²) >= 11 is 0. The zero-order valence-corrected chi connectivity index (χ0v) is 9.29. The van der Waals surface area contributed by atoms with Crippen LogP contribution < -0.4 is 10.1 Å². The fraction of sp³-hybridized carbons (Fsp3) is 0.545. The molecule has 0 spiro atoms. The van der Waals surface area contributed by atoms with E-state index in [4.69, 9.17) is 4.74 Å². The minimum Gasteiger partial charge on any atom is -0.493 e. The van der Waals surface area contributed by atoms with Crippen LogP contribution in [0.3, 0.4) is 0 Å². The normalized spacial score (nSPS) is 10.4. The maximum Gasteiger partial charge on any atom is 0.168 e. The lowest BCUT2D eigenvalue weighted by Gasteiger charge is -2.12. The molecule has 1 N–H and O–H groups in total. The fourth-order valence-electron chi connectivity index (χ4n) is 1.14. The van der Waals surface area contributed by atoms with Crippen LogP contribution in [0.5, 0.6) is 5.75 Å². The van der Waals surface area contributed by atoms with Crippen molar-refractivity contribution < 1.29 is 4.74 Å². The summed E-state index contributed by atoms with van der Waals surface area (Å²) in [7, 11) is 1.66. The zero-order chi connectivity index (χ0) is 10.6. The third-order valence-electron chi connectivity index (χ3n) is 1.90. The Balaban J connectivity index is 2.77. The molecule has 78 valence electrons. The summed E-state index contributed by atoms with van der Waals surface area (Å²) in [6.07, 6.45) is 0. The number of hydrogen-bond acceptors (Lipinski definition) is 3. The zero-order valence-electron chi connectivity index (χ0n) is 9.29. The van der Waals surface area contributed by atoms with Crippen molar-refractivity contribution in [3.8, 4) is 5.75 Å². The number of rotatable bonds is 4. The van der Waals surface area contributed by atoms with Crippen molar-refractivity contribution in [1.82, 2.24) is 4.98 Å². The predicted molar refractivity (Wildman–Crippen MR) is 58.9 cm³/mol. The molecule has 0 radical (unpaired) electrons. The monoisotopic (exact) mass is 194 g/mol. The summed E-state index contributed by atoms with van der Waals surface area (Å²) in [5, 5.41) is 3.27. The topological polar surface area (TPSA) is 34.1 Å². The lowest BCUT2D eigenvalue weighted by Crippen LogP contribution is -2.10. The van der Waals surface area contributed by atoms with E-state index < -0.39 is 0 Å². The number of nitrogens with one attached hydrogen (secondary N) is 1. The Kier molecular flexibility index (Phi) is 3.74. The second-order valence-electron chi connectivity index (χ2n) is 3.78. The molecule has 14 heavy (non-hydrogen) atoms. The molecule has 1 aromatic rings. The van der Waals surface area contributed by atoms with Crippen molar-refractivity contribution in [2.45, 2.75) is 20.8 Å². The molecule has 0 saturated carbocycles. The highest BCUT2D eigenvalue weighted by atomic mass is 16.5. The molecule has 1 aromatic heterocycles. The molecule has 3 heteroatoms. The first kappa shape index (κ1) is 10.8. The van der Waals surface area contributed by atoms with E-state index >= 15 is 0 Å².